The second-order valence-corrected chi connectivity index (χ2v) is 7.37. The molecule has 1 saturated heterocycles. The average molecular weight is 384 g/mol. The first-order valence-corrected chi connectivity index (χ1v) is 9.65. The van der Waals surface area contributed by atoms with Crippen molar-refractivity contribution < 1.29 is 18.9 Å². The standard InChI is InChI=1S/C22H26FN3O2/c1-16-6-5-9-20(17(16)2)24-21(27)15-25-10-12-26(13-11-25)22(28)14-18-7-3-4-8-19(18)23/h3-9H,10-15H2,1-2H3,(H,24,27)/p+1. The molecule has 0 unspecified atom stereocenters. The highest BCUT2D eigenvalue weighted by atomic mass is 19.1. The van der Waals surface area contributed by atoms with Gasteiger partial charge in [-0.1, -0.05) is 30.3 Å². The van der Waals surface area contributed by atoms with Crippen LogP contribution in [-0.2, 0) is 16.0 Å². The lowest BCUT2D eigenvalue weighted by Crippen LogP contribution is -3.15. The molecule has 148 valence electrons. The lowest BCUT2D eigenvalue weighted by molar-refractivity contribution is -0.895. The zero-order valence-electron chi connectivity index (χ0n) is 16.4. The first-order valence-electron chi connectivity index (χ1n) is 9.65. The van der Waals surface area contributed by atoms with E-state index in [2.05, 4.69) is 5.32 Å². The van der Waals surface area contributed by atoms with E-state index in [0.29, 0.717) is 38.3 Å². The minimum Gasteiger partial charge on any atom is -0.331 e. The smallest absolute Gasteiger partial charge is 0.279 e. The summed E-state index contributed by atoms with van der Waals surface area (Å²) in [6.07, 6.45) is 0.0785. The van der Waals surface area contributed by atoms with Gasteiger partial charge in [-0.3, -0.25) is 9.59 Å². The van der Waals surface area contributed by atoms with E-state index in [9.17, 15) is 14.0 Å². The van der Waals surface area contributed by atoms with Crippen LogP contribution >= 0.6 is 0 Å². The SMILES string of the molecule is Cc1cccc(NC(=O)C[NH+]2CCN(C(=O)Cc3ccccc3F)CC2)c1C. The maximum absolute atomic E-state index is 13.7. The zero-order chi connectivity index (χ0) is 20.1. The summed E-state index contributed by atoms with van der Waals surface area (Å²) in [5.41, 5.74) is 3.50. The van der Waals surface area contributed by atoms with Gasteiger partial charge in [-0.25, -0.2) is 4.39 Å². The van der Waals surface area contributed by atoms with Crippen LogP contribution in [0.2, 0.25) is 0 Å². The molecular weight excluding hydrogens is 357 g/mol. The molecule has 0 aliphatic carbocycles. The van der Waals surface area contributed by atoms with Gasteiger partial charge in [0.1, 0.15) is 5.82 Å². The fourth-order valence-corrected chi connectivity index (χ4v) is 3.47. The van der Waals surface area contributed by atoms with Gasteiger partial charge in [-0.05, 0) is 42.7 Å². The fourth-order valence-electron chi connectivity index (χ4n) is 3.47. The summed E-state index contributed by atoms with van der Waals surface area (Å²) in [7, 11) is 0. The number of aryl methyl sites for hydroxylation is 1. The summed E-state index contributed by atoms with van der Waals surface area (Å²) in [4.78, 5) is 27.7. The number of hydrogen-bond donors (Lipinski definition) is 2. The molecule has 3 rings (SSSR count). The van der Waals surface area contributed by atoms with Crippen molar-refractivity contribution in [2.75, 3.05) is 38.0 Å². The normalized spacial score (nSPS) is 14.8. The van der Waals surface area contributed by atoms with E-state index < -0.39 is 0 Å². The van der Waals surface area contributed by atoms with Gasteiger partial charge in [0.05, 0.1) is 32.6 Å². The third kappa shape index (κ3) is 4.95. The Balaban J connectivity index is 1.47. The van der Waals surface area contributed by atoms with Gasteiger partial charge in [0.15, 0.2) is 6.54 Å². The summed E-state index contributed by atoms with van der Waals surface area (Å²) in [6, 6.07) is 12.2. The molecule has 0 bridgehead atoms. The van der Waals surface area contributed by atoms with Crippen molar-refractivity contribution in [3.8, 4) is 0 Å². The molecule has 2 amide bonds. The summed E-state index contributed by atoms with van der Waals surface area (Å²) < 4.78 is 13.7. The van der Waals surface area contributed by atoms with Crippen LogP contribution in [0.15, 0.2) is 42.5 Å². The number of quaternary nitrogens is 1. The van der Waals surface area contributed by atoms with Gasteiger partial charge in [0, 0.05) is 5.69 Å². The number of benzene rings is 2. The van der Waals surface area contributed by atoms with Gasteiger partial charge in [0.2, 0.25) is 5.91 Å². The van der Waals surface area contributed by atoms with Crippen molar-refractivity contribution in [2.24, 2.45) is 0 Å². The van der Waals surface area contributed by atoms with E-state index >= 15 is 0 Å². The summed E-state index contributed by atoms with van der Waals surface area (Å²) in [5, 5.41) is 2.99. The van der Waals surface area contributed by atoms with Gasteiger partial charge < -0.3 is 15.1 Å². The number of halogens is 1. The molecule has 28 heavy (non-hydrogen) atoms. The lowest BCUT2D eigenvalue weighted by Gasteiger charge is -2.32. The van der Waals surface area contributed by atoms with Crippen LogP contribution in [0.1, 0.15) is 16.7 Å². The molecule has 0 aromatic heterocycles. The number of anilines is 1. The highest BCUT2D eigenvalue weighted by Crippen LogP contribution is 2.17. The Morgan fingerprint density at radius 2 is 1.79 bits per heavy atom. The van der Waals surface area contributed by atoms with Crippen molar-refractivity contribution in [1.29, 1.82) is 0 Å². The van der Waals surface area contributed by atoms with Gasteiger partial charge in [0.25, 0.3) is 5.91 Å². The Kier molecular flexibility index (Phi) is 6.41. The van der Waals surface area contributed by atoms with E-state index in [1.807, 2.05) is 32.0 Å². The maximum Gasteiger partial charge on any atom is 0.279 e. The van der Waals surface area contributed by atoms with Crippen LogP contribution in [0.4, 0.5) is 10.1 Å². The fraction of sp³-hybridized carbons (Fsp3) is 0.364. The van der Waals surface area contributed by atoms with E-state index in [1.54, 1.807) is 23.1 Å². The minimum absolute atomic E-state index is 0.0187. The number of rotatable bonds is 5. The zero-order valence-corrected chi connectivity index (χ0v) is 16.4. The highest BCUT2D eigenvalue weighted by Gasteiger charge is 2.25. The Morgan fingerprint density at radius 1 is 1.07 bits per heavy atom. The van der Waals surface area contributed by atoms with Crippen molar-refractivity contribution in [1.82, 2.24) is 4.90 Å². The number of carbonyl (C=O) groups excluding carboxylic acids is 2. The quantitative estimate of drug-likeness (QED) is 0.818. The van der Waals surface area contributed by atoms with Crippen LogP contribution in [0.25, 0.3) is 0 Å². The molecule has 0 atom stereocenters. The molecule has 1 heterocycles. The molecule has 5 nitrogen and oxygen atoms in total. The number of amides is 2. The van der Waals surface area contributed by atoms with Crippen LogP contribution in [0, 0.1) is 19.7 Å². The first kappa shape index (κ1) is 20.0. The summed E-state index contributed by atoms with van der Waals surface area (Å²) in [5.74, 6) is -0.429. The van der Waals surface area contributed by atoms with Crippen molar-refractivity contribution >= 4 is 17.5 Å². The summed E-state index contributed by atoms with van der Waals surface area (Å²) in [6.45, 7) is 6.99. The Hall–Kier alpha value is -2.73. The molecule has 1 fully saturated rings. The summed E-state index contributed by atoms with van der Waals surface area (Å²) >= 11 is 0. The number of piperazine rings is 1. The van der Waals surface area contributed by atoms with Crippen LogP contribution in [0.3, 0.4) is 0 Å². The van der Waals surface area contributed by atoms with Crippen LogP contribution < -0.4 is 10.2 Å². The van der Waals surface area contributed by atoms with E-state index in [4.69, 9.17) is 0 Å². The molecule has 2 N–H and O–H groups in total. The molecule has 2 aromatic carbocycles. The van der Waals surface area contributed by atoms with Gasteiger partial charge >= 0.3 is 0 Å². The molecule has 1 aliphatic rings. The average Bonchev–Trinajstić information content (AvgIpc) is 2.68. The number of carbonyl (C=O) groups is 2. The third-order valence-electron chi connectivity index (χ3n) is 5.41. The van der Waals surface area contributed by atoms with E-state index in [0.717, 1.165) is 21.7 Å². The molecule has 6 heteroatoms. The van der Waals surface area contributed by atoms with Crippen molar-refractivity contribution in [3.63, 3.8) is 0 Å². The number of nitrogens with one attached hydrogen (secondary N) is 2. The minimum atomic E-state index is -0.344. The molecule has 0 spiro atoms. The van der Waals surface area contributed by atoms with Gasteiger partial charge in [-0.2, -0.15) is 0 Å². The lowest BCUT2D eigenvalue weighted by atomic mass is 10.1. The maximum atomic E-state index is 13.7. The van der Waals surface area contributed by atoms with Crippen molar-refractivity contribution in [3.05, 3.63) is 65.0 Å². The second kappa shape index (κ2) is 8.97. The van der Waals surface area contributed by atoms with E-state index in [1.165, 1.54) is 6.07 Å². The third-order valence-corrected chi connectivity index (χ3v) is 5.41. The Morgan fingerprint density at radius 3 is 2.50 bits per heavy atom. The first-order chi connectivity index (χ1) is 13.4. The highest BCUT2D eigenvalue weighted by molar-refractivity contribution is 5.92. The predicted molar refractivity (Wildman–Crippen MR) is 107 cm³/mol. The van der Waals surface area contributed by atoms with E-state index in [-0.39, 0.29) is 24.1 Å². The van der Waals surface area contributed by atoms with Crippen LogP contribution in [-0.4, -0.2) is 49.4 Å². The molecular formula is C22H27FN3O2+. The Bertz CT molecular complexity index is 861. The monoisotopic (exact) mass is 384 g/mol. The van der Waals surface area contributed by atoms with Crippen LogP contribution in [0.5, 0.6) is 0 Å². The number of nitrogens with zero attached hydrogens (tertiary/aromatic N) is 1. The molecule has 0 radical (unpaired) electrons. The molecule has 2 aromatic rings. The largest absolute Gasteiger partial charge is 0.331 e. The molecule has 0 saturated carbocycles. The predicted octanol–water partition coefficient (Wildman–Crippen LogP) is 1.35. The molecule has 1 aliphatic heterocycles. The topological polar surface area (TPSA) is 53.9 Å². The van der Waals surface area contributed by atoms with Crippen molar-refractivity contribution in [2.45, 2.75) is 20.3 Å². The van der Waals surface area contributed by atoms with Gasteiger partial charge in [-0.15, -0.1) is 0 Å². The Labute approximate surface area is 165 Å². The second-order valence-electron chi connectivity index (χ2n) is 7.37. The number of hydrogen-bond acceptors (Lipinski definition) is 2.